The summed E-state index contributed by atoms with van der Waals surface area (Å²) in [7, 11) is 2.17. The minimum Gasteiger partial charge on any atom is -0.461 e. The Hall–Kier alpha value is -2.29. The topological polar surface area (TPSA) is 74.8 Å². The van der Waals surface area contributed by atoms with Crippen molar-refractivity contribution >= 4 is 28.3 Å². The molecule has 4 aliphatic rings. The zero-order valence-electron chi connectivity index (χ0n) is 22.3. The van der Waals surface area contributed by atoms with Gasteiger partial charge in [0.05, 0.1) is 11.6 Å². The Bertz CT molecular complexity index is 1190. The Balaban J connectivity index is 1.14. The lowest BCUT2D eigenvalue weighted by Gasteiger charge is -2.51. The smallest absolute Gasteiger partial charge is 0.309 e. The van der Waals surface area contributed by atoms with Crippen LogP contribution in [0.1, 0.15) is 66.0 Å². The van der Waals surface area contributed by atoms with Crippen LogP contribution in [0.4, 0.5) is 5.13 Å². The molecule has 6 rings (SSSR count). The number of ether oxygens (including phenoxy) is 1. The zero-order chi connectivity index (χ0) is 25.9. The lowest BCUT2D eigenvalue weighted by molar-refractivity contribution is -0.149. The maximum absolute atomic E-state index is 13.1. The second-order valence-electron chi connectivity index (χ2n) is 12.1. The summed E-state index contributed by atoms with van der Waals surface area (Å²) in [4.78, 5) is 36.4. The van der Waals surface area contributed by atoms with Crippen LogP contribution in [-0.4, -0.2) is 66.0 Å². The van der Waals surface area contributed by atoms with Crippen molar-refractivity contribution in [3.05, 3.63) is 46.0 Å². The Morgan fingerprint density at radius 2 is 1.89 bits per heavy atom. The molecular weight excluding hydrogens is 484 g/mol. The molecule has 8 heteroatoms. The molecule has 37 heavy (non-hydrogen) atoms. The number of thiazole rings is 1. The van der Waals surface area contributed by atoms with Crippen LogP contribution >= 0.6 is 11.3 Å². The summed E-state index contributed by atoms with van der Waals surface area (Å²) in [6.07, 6.45) is 3.05. The Kier molecular flexibility index (Phi) is 6.40. The van der Waals surface area contributed by atoms with E-state index < -0.39 is 0 Å². The third-order valence-corrected chi connectivity index (χ3v) is 10.6. The molecule has 2 aliphatic heterocycles. The molecule has 1 aromatic carbocycles. The third-order valence-electron chi connectivity index (χ3n) is 9.60. The standard InChI is InChI=1S/C29H38N4O3S/c1-17-21-9-10-29(3)15-22-24(18(2)23(29)25(21)36-27(17)35)30-28(37-22)31-26(34)20-7-5-19(6-8-20)16-33-13-11-32(4)12-14-33/h5-8,17-18,21,23,25H,9-16H2,1-4H3,(H,30,31,34). The van der Waals surface area contributed by atoms with Crippen molar-refractivity contribution in [3.8, 4) is 0 Å². The number of fused-ring (bicyclic) bond motifs is 4. The lowest BCUT2D eigenvalue weighted by atomic mass is 9.54. The number of aromatic nitrogens is 1. The molecule has 0 bridgehead atoms. The summed E-state index contributed by atoms with van der Waals surface area (Å²) < 4.78 is 5.95. The minimum absolute atomic E-state index is 0.0126. The molecule has 1 N–H and O–H groups in total. The van der Waals surface area contributed by atoms with Gasteiger partial charge in [-0.2, -0.15) is 0 Å². The molecule has 0 spiro atoms. The van der Waals surface area contributed by atoms with E-state index in [1.165, 1.54) is 10.4 Å². The number of benzene rings is 1. The molecule has 1 aromatic heterocycles. The van der Waals surface area contributed by atoms with Crippen LogP contribution in [0, 0.1) is 23.2 Å². The minimum atomic E-state index is -0.118. The van der Waals surface area contributed by atoms with Crippen molar-refractivity contribution < 1.29 is 14.3 Å². The number of carbonyl (C=O) groups excluding carboxylic acids is 2. The van der Waals surface area contributed by atoms with E-state index in [9.17, 15) is 9.59 Å². The average molecular weight is 523 g/mol. The highest BCUT2D eigenvalue weighted by molar-refractivity contribution is 7.15. The first-order chi connectivity index (χ1) is 17.7. The number of esters is 1. The zero-order valence-corrected chi connectivity index (χ0v) is 23.1. The number of piperazine rings is 1. The highest BCUT2D eigenvalue weighted by Crippen LogP contribution is 2.59. The summed E-state index contributed by atoms with van der Waals surface area (Å²) in [6.45, 7) is 11.9. The van der Waals surface area contributed by atoms with Crippen LogP contribution in [0.25, 0.3) is 0 Å². The first-order valence-electron chi connectivity index (χ1n) is 13.7. The summed E-state index contributed by atoms with van der Waals surface area (Å²) in [5.74, 6) is 0.597. The molecule has 7 nitrogen and oxygen atoms in total. The molecule has 1 saturated carbocycles. The van der Waals surface area contributed by atoms with Gasteiger partial charge in [-0.1, -0.05) is 32.9 Å². The van der Waals surface area contributed by atoms with Crippen molar-refractivity contribution in [1.29, 1.82) is 0 Å². The number of hydrogen-bond donors (Lipinski definition) is 1. The fourth-order valence-electron chi connectivity index (χ4n) is 7.33. The molecule has 6 atom stereocenters. The van der Waals surface area contributed by atoms with Crippen molar-refractivity contribution in [3.63, 3.8) is 0 Å². The van der Waals surface area contributed by atoms with E-state index in [4.69, 9.17) is 9.72 Å². The highest BCUT2D eigenvalue weighted by atomic mass is 32.1. The lowest BCUT2D eigenvalue weighted by Crippen LogP contribution is -2.50. The maximum atomic E-state index is 13.1. The fraction of sp³-hybridized carbons (Fsp3) is 0.621. The van der Waals surface area contributed by atoms with Crippen LogP contribution in [0.15, 0.2) is 24.3 Å². The van der Waals surface area contributed by atoms with Crippen LogP contribution in [0.2, 0.25) is 0 Å². The van der Waals surface area contributed by atoms with Gasteiger partial charge in [-0.3, -0.25) is 19.8 Å². The van der Waals surface area contributed by atoms with E-state index in [1.807, 2.05) is 19.1 Å². The molecule has 2 aliphatic carbocycles. The molecule has 3 heterocycles. The number of nitrogens with zero attached hydrogens (tertiary/aromatic N) is 3. The Morgan fingerprint density at radius 3 is 2.62 bits per heavy atom. The average Bonchev–Trinajstić information content (AvgIpc) is 3.39. The van der Waals surface area contributed by atoms with Crippen LogP contribution in [0.3, 0.4) is 0 Å². The monoisotopic (exact) mass is 522 g/mol. The van der Waals surface area contributed by atoms with Gasteiger partial charge in [-0.05, 0) is 49.4 Å². The van der Waals surface area contributed by atoms with Crippen molar-refractivity contribution in [2.24, 2.45) is 23.2 Å². The van der Waals surface area contributed by atoms with Gasteiger partial charge in [0, 0.05) is 60.9 Å². The van der Waals surface area contributed by atoms with E-state index in [2.05, 4.69) is 48.1 Å². The number of nitrogens with one attached hydrogen (secondary N) is 1. The Labute approximate surface area is 223 Å². The molecule has 6 unspecified atom stereocenters. The van der Waals surface area contributed by atoms with Crippen LogP contribution < -0.4 is 5.32 Å². The van der Waals surface area contributed by atoms with Crippen LogP contribution in [-0.2, 0) is 22.5 Å². The van der Waals surface area contributed by atoms with Gasteiger partial charge in [-0.25, -0.2) is 4.98 Å². The molecule has 2 aromatic rings. The summed E-state index contributed by atoms with van der Waals surface area (Å²) in [5, 5.41) is 3.73. The summed E-state index contributed by atoms with van der Waals surface area (Å²) in [6, 6.07) is 7.96. The second kappa shape index (κ2) is 9.47. The van der Waals surface area contributed by atoms with Gasteiger partial charge < -0.3 is 9.64 Å². The normalized spacial score (nSPS) is 33.8. The quantitative estimate of drug-likeness (QED) is 0.600. The molecule has 3 fully saturated rings. The van der Waals surface area contributed by atoms with Gasteiger partial charge in [-0.15, -0.1) is 11.3 Å². The summed E-state index contributed by atoms with van der Waals surface area (Å²) in [5.41, 5.74) is 3.04. The fourth-order valence-corrected chi connectivity index (χ4v) is 8.59. The van der Waals surface area contributed by atoms with Crippen molar-refractivity contribution in [1.82, 2.24) is 14.8 Å². The van der Waals surface area contributed by atoms with E-state index in [-0.39, 0.29) is 41.1 Å². The summed E-state index contributed by atoms with van der Waals surface area (Å²) >= 11 is 1.61. The Morgan fingerprint density at radius 1 is 1.16 bits per heavy atom. The molecule has 2 saturated heterocycles. The van der Waals surface area contributed by atoms with E-state index in [1.54, 1.807) is 11.3 Å². The van der Waals surface area contributed by atoms with Gasteiger partial charge in [0.1, 0.15) is 6.10 Å². The van der Waals surface area contributed by atoms with Crippen LogP contribution in [0.5, 0.6) is 0 Å². The molecular formula is C29H38N4O3S. The number of anilines is 1. The maximum Gasteiger partial charge on any atom is 0.309 e. The van der Waals surface area contributed by atoms with Gasteiger partial charge >= 0.3 is 5.97 Å². The number of rotatable bonds is 4. The number of amides is 1. The molecule has 0 radical (unpaired) electrons. The van der Waals surface area contributed by atoms with Crippen molar-refractivity contribution in [2.75, 3.05) is 38.5 Å². The van der Waals surface area contributed by atoms with Gasteiger partial charge in [0.25, 0.3) is 5.91 Å². The first-order valence-corrected chi connectivity index (χ1v) is 14.5. The van der Waals surface area contributed by atoms with Gasteiger partial charge in [0.15, 0.2) is 5.13 Å². The van der Waals surface area contributed by atoms with Gasteiger partial charge in [0.2, 0.25) is 0 Å². The van der Waals surface area contributed by atoms with E-state index >= 15 is 0 Å². The van der Waals surface area contributed by atoms with Crippen molar-refractivity contribution in [2.45, 2.75) is 58.6 Å². The number of likely N-dealkylation sites (N-methyl/N-ethyl adjacent to an activating group) is 1. The first kappa shape index (κ1) is 25.0. The number of carbonyl (C=O) groups is 2. The predicted molar refractivity (Wildman–Crippen MR) is 145 cm³/mol. The largest absolute Gasteiger partial charge is 0.461 e. The highest BCUT2D eigenvalue weighted by Gasteiger charge is 2.58. The SMILES string of the molecule is CC1C(=O)OC2C1CCC1(C)Cc3sc(NC(=O)c4ccc(CN5CCN(C)CC5)cc4)nc3C(C)C21. The van der Waals surface area contributed by atoms with E-state index in [0.717, 1.165) is 57.7 Å². The third kappa shape index (κ3) is 4.51. The molecule has 198 valence electrons. The van der Waals surface area contributed by atoms with E-state index in [0.29, 0.717) is 16.6 Å². The number of hydrogen-bond acceptors (Lipinski definition) is 7. The second-order valence-corrected chi connectivity index (χ2v) is 13.2. The predicted octanol–water partition coefficient (Wildman–Crippen LogP) is 4.40. The molecule has 1 amide bonds.